The third kappa shape index (κ3) is 4.31. The number of nitro groups is 1. The van der Waals surface area contributed by atoms with E-state index in [0.717, 1.165) is 0 Å². The normalized spacial score (nSPS) is 10.8. The lowest BCUT2D eigenvalue weighted by molar-refractivity contribution is -0.384. The molecule has 136 valence electrons. The molecule has 27 heavy (non-hydrogen) atoms. The quantitative estimate of drug-likeness (QED) is 0.383. The second-order valence-corrected chi connectivity index (χ2v) is 5.33. The van der Waals surface area contributed by atoms with E-state index in [0.29, 0.717) is 16.3 Å². The monoisotopic (exact) mass is 367 g/mol. The van der Waals surface area contributed by atoms with Gasteiger partial charge in [-0.2, -0.15) is 5.10 Å². The van der Waals surface area contributed by atoms with Crippen LogP contribution in [0.3, 0.4) is 0 Å². The smallest absolute Gasteiger partial charge is 0.278 e. The number of H-pyrrole nitrogens is 1. The van der Waals surface area contributed by atoms with Crippen molar-refractivity contribution in [2.45, 2.75) is 0 Å². The predicted octanol–water partition coefficient (Wildman–Crippen LogP) is 1.36. The number of carbonyl (C=O) groups excluding carboxylic acids is 1. The van der Waals surface area contributed by atoms with Crippen LogP contribution in [-0.2, 0) is 4.79 Å². The van der Waals surface area contributed by atoms with Crippen molar-refractivity contribution in [2.75, 3.05) is 6.61 Å². The molecule has 3 aromatic rings. The summed E-state index contributed by atoms with van der Waals surface area (Å²) in [5, 5.41) is 21.3. The van der Waals surface area contributed by atoms with E-state index in [9.17, 15) is 19.7 Å². The van der Waals surface area contributed by atoms with Crippen LogP contribution >= 0.6 is 0 Å². The number of nitrogens with zero attached hydrogens (tertiary/aromatic N) is 3. The molecule has 0 bridgehead atoms. The highest BCUT2D eigenvalue weighted by Gasteiger charge is 2.09. The molecule has 1 aromatic heterocycles. The van der Waals surface area contributed by atoms with Crippen LogP contribution in [0.5, 0.6) is 5.88 Å². The van der Waals surface area contributed by atoms with Crippen LogP contribution in [0.4, 0.5) is 5.69 Å². The second kappa shape index (κ2) is 7.87. The number of nitro benzene ring substituents is 1. The fourth-order valence-electron chi connectivity index (χ4n) is 2.23. The molecule has 1 heterocycles. The molecule has 0 spiro atoms. The molecule has 10 nitrogen and oxygen atoms in total. The number of aromatic amines is 1. The maximum Gasteiger partial charge on any atom is 0.278 e. The Morgan fingerprint density at radius 3 is 2.63 bits per heavy atom. The van der Waals surface area contributed by atoms with Gasteiger partial charge in [0.2, 0.25) is 5.88 Å². The van der Waals surface area contributed by atoms with Gasteiger partial charge in [0.25, 0.3) is 17.2 Å². The largest absolute Gasteiger partial charge is 0.466 e. The molecule has 0 atom stereocenters. The van der Waals surface area contributed by atoms with Crippen molar-refractivity contribution in [1.29, 1.82) is 0 Å². The summed E-state index contributed by atoms with van der Waals surface area (Å²) in [6.07, 6.45) is 1.34. The van der Waals surface area contributed by atoms with Gasteiger partial charge in [-0.05, 0) is 29.8 Å². The molecule has 2 N–H and O–H groups in total. The van der Waals surface area contributed by atoms with Gasteiger partial charge in [0, 0.05) is 12.1 Å². The fraction of sp³-hybridized carbons (Fsp3) is 0.0588. The van der Waals surface area contributed by atoms with E-state index in [2.05, 4.69) is 20.7 Å². The van der Waals surface area contributed by atoms with Crippen molar-refractivity contribution in [3.05, 3.63) is 74.6 Å². The first kappa shape index (κ1) is 17.7. The van der Waals surface area contributed by atoms with Crippen LogP contribution in [0.2, 0.25) is 0 Å². The van der Waals surface area contributed by atoms with Crippen molar-refractivity contribution in [3.8, 4) is 5.88 Å². The van der Waals surface area contributed by atoms with Gasteiger partial charge in [-0.15, -0.1) is 5.10 Å². The molecular formula is C17H13N5O5. The minimum Gasteiger partial charge on any atom is -0.466 e. The summed E-state index contributed by atoms with van der Waals surface area (Å²) in [6.45, 7) is -0.360. The highest BCUT2D eigenvalue weighted by atomic mass is 16.6. The summed E-state index contributed by atoms with van der Waals surface area (Å²) in [5.41, 5.74) is 2.46. The zero-order chi connectivity index (χ0) is 19.2. The number of ether oxygens (including phenoxy) is 1. The standard InChI is InChI=1S/C17H13N5O5/c23-15(19-18-9-11-5-7-12(8-6-11)22(25)26)10-27-17-14-4-2-1-3-13(14)16(24)20-21-17/h1-9H,10H2,(H,19,23)(H,20,24)/b18-9+. The zero-order valence-electron chi connectivity index (χ0n) is 13.8. The second-order valence-electron chi connectivity index (χ2n) is 5.33. The highest BCUT2D eigenvalue weighted by molar-refractivity contribution is 5.86. The van der Waals surface area contributed by atoms with Crippen molar-refractivity contribution >= 4 is 28.6 Å². The maximum absolute atomic E-state index is 11.8. The summed E-state index contributed by atoms with van der Waals surface area (Å²) in [4.78, 5) is 33.6. The minimum atomic E-state index is -0.537. The molecule has 0 fully saturated rings. The van der Waals surface area contributed by atoms with Gasteiger partial charge >= 0.3 is 0 Å². The highest BCUT2D eigenvalue weighted by Crippen LogP contribution is 2.18. The number of aromatic nitrogens is 2. The topological polar surface area (TPSA) is 140 Å². The van der Waals surface area contributed by atoms with E-state index in [1.807, 2.05) is 0 Å². The average Bonchev–Trinajstić information content (AvgIpc) is 2.68. The van der Waals surface area contributed by atoms with Crippen molar-refractivity contribution in [2.24, 2.45) is 5.10 Å². The molecular weight excluding hydrogens is 354 g/mol. The summed E-state index contributed by atoms with van der Waals surface area (Å²) < 4.78 is 5.34. The zero-order valence-corrected chi connectivity index (χ0v) is 13.8. The summed E-state index contributed by atoms with van der Waals surface area (Å²) >= 11 is 0. The van der Waals surface area contributed by atoms with E-state index < -0.39 is 10.8 Å². The first-order valence-electron chi connectivity index (χ1n) is 7.71. The van der Waals surface area contributed by atoms with Gasteiger partial charge in [0.05, 0.1) is 21.9 Å². The van der Waals surface area contributed by atoms with Gasteiger partial charge in [0.15, 0.2) is 6.61 Å². The Balaban J connectivity index is 1.58. The van der Waals surface area contributed by atoms with E-state index in [1.54, 1.807) is 24.3 Å². The first-order valence-corrected chi connectivity index (χ1v) is 7.71. The fourth-order valence-corrected chi connectivity index (χ4v) is 2.23. The Morgan fingerprint density at radius 2 is 1.93 bits per heavy atom. The van der Waals surface area contributed by atoms with Crippen molar-refractivity contribution in [3.63, 3.8) is 0 Å². The minimum absolute atomic E-state index is 0.0368. The molecule has 0 aliphatic rings. The summed E-state index contributed by atoms with van der Waals surface area (Å²) in [6, 6.07) is 12.4. The maximum atomic E-state index is 11.8. The number of benzene rings is 2. The van der Waals surface area contributed by atoms with Crippen LogP contribution in [-0.4, -0.2) is 33.8 Å². The Kier molecular flexibility index (Phi) is 5.17. The average molecular weight is 367 g/mol. The Bertz CT molecular complexity index is 1080. The lowest BCUT2D eigenvalue weighted by Crippen LogP contribution is -2.25. The van der Waals surface area contributed by atoms with E-state index >= 15 is 0 Å². The lowest BCUT2D eigenvalue weighted by atomic mass is 10.2. The molecule has 0 radical (unpaired) electrons. The van der Waals surface area contributed by atoms with Crippen molar-refractivity contribution in [1.82, 2.24) is 15.6 Å². The van der Waals surface area contributed by atoms with Crippen LogP contribution in [0.15, 0.2) is 58.4 Å². The van der Waals surface area contributed by atoms with Gasteiger partial charge < -0.3 is 4.74 Å². The number of hydrazone groups is 1. The molecule has 2 aromatic carbocycles. The molecule has 3 rings (SSSR count). The Morgan fingerprint density at radius 1 is 1.22 bits per heavy atom. The third-order valence-electron chi connectivity index (χ3n) is 3.51. The number of fused-ring (bicyclic) bond motifs is 1. The van der Waals surface area contributed by atoms with E-state index in [1.165, 1.54) is 30.5 Å². The number of hydrogen-bond donors (Lipinski definition) is 2. The number of hydrogen-bond acceptors (Lipinski definition) is 7. The molecule has 0 saturated carbocycles. The number of amides is 1. The Hall–Kier alpha value is -4.08. The number of rotatable bonds is 6. The lowest BCUT2D eigenvalue weighted by Gasteiger charge is -2.06. The van der Waals surface area contributed by atoms with Gasteiger partial charge in [0.1, 0.15) is 0 Å². The predicted molar refractivity (Wildman–Crippen MR) is 96.7 cm³/mol. The van der Waals surface area contributed by atoms with Gasteiger partial charge in [-0.1, -0.05) is 12.1 Å². The molecule has 10 heteroatoms. The van der Waals surface area contributed by atoms with Gasteiger partial charge in [-0.25, -0.2) is 10.5 Å². The molecule has 0 aliphatic heterocycles. The third-order valence-corrected chi connectivity index (χ3v) is 3.51. The van der Waals surface area contributed by atoms with Crippen molar-refractivity contribution < 1.29 is 14.5 Å². The van der Waals surface area contributed by atoms with Gasteiger partial charge in [-0.3, -0.25) is 19.7 Å². The summed E-state index contributed by atoms with van der Waals surface area (Å²) in [7, 11) is 0. The van der Waals surface area contributed by atoms with Crippen LogP contribution in [0.25, 0.3) is 10.8 Å². The number of carbonyl (C=O) groups is 1. The molecule has 0 unspecified atom stereocenters. The first-order chi connectivity index (χ1) is 13.0. The van der Waals surface area contributed by atoms with Crippen LogP contribution in [0, 0.1) is 10.1 Å². The molecule has 0 saturated heterocycles. The Labute approximate surface area is 151 Å². The van der Waals surface area contributed by atoms with Crippen LogP contribution < -0.4 is 15.7 Å². The van der Waals surface area contributed by atoms with E-state index in [4.69, 9.17) is 4.74 Å². The molecule has 1 amide bonds. The van der Waals surface area contributed by atoms with Crippen LogP contribution in [0.1, 0.15) is 5.56 Å². The number of nitrogens with one attached hydrogen (secondary N) is 2. The van der Waals surface area contributed by atoms with E-state index in [-0.39, 0.29) is 23.7 Å². The molecule has 0 aliphatic carbocycles. The SMILES string of the molecule is O=C(COc1n[nH]c(=O)c2ccccc12)N/N=C/c1ccc([N+](=O)[O-])cc1. The summed E-state index contributed by atoms with van der Waals surface area (Å²) in [5.74, 6) is -0.412. The number of non-ortho nitro benzene ring substituents is 1.